The summed E-state index contributed by atoms with van der Waals surface area (Å²) < 4.78 is 0. The van der Waals surface area contributed by atoms with Crippen molar-refractivity contribution in [1.82, 2.24) is 0 Å². The summed E-state index contributed by atoms with van der Waals surface area (Å²) in [5.41, 5.74) is 1.88. The van der Waals surface area contributed by atoms with Crippen LogP contribution in [0.15, 0.2) is 10.6 Å². The SMILES string of the molecule is CC1(C)CC1/C(Cl)=C/Cl. The molecule has 0 aromatic rings. The number of rotatable bonds is 1. The fourth-order valence-electron chi connectivity index (χ4n) is 1.01. The number of halogens is 2. The average Bonchev–Trinajstić information content (AvgIpc) is 2.38. The molecule has 0 nitrogen and oxygen atoms in total. The largest absolute Gasteiger partial charge is 0.0917 e. The normalized spacial score (nSPS) is 32.4. The van der Waals surface area contributed by atoms with Crippen molar-refractivity contribution in [3.05, 3.63) is 10.6 Å². The van der Waals surface area contributed by atoms with E-state index in [0.29, 0.717) is 11.3 Å². The van der Waals surface area contributed by atoms with E-state index in [2.05, 4.69) is 13.8 Å². The van der Waals surface area contributed by atoms with Crippen LogP contribution in [0.25, 0.3) is 0 Å². The number of hydrogen-bond donors (Lipinski definition) is 0. The van der Waals surface area contributed by atoms with Gasteiger partial charge in [0.1, 0.15) is 0 Å². The van der Waals surface area contributed by atoms with E-state index in [1.54, 1.807) is 0 Å². The molecule has 52 valence electrons. The van der Waals surface area contributed by atoms with Crippen molar-refractivity contribution in [2.24, 2.45) is 11.3 Å². The standard InChI is InChI=1S/C7H10Cl2/c1-7(2)3-5(7)6(9)4-8/h4-5H,3H2,1-2H3/b6-4-. The molecule has 1 rings (SSSR count). The van der Waals surface area contributed by atoms with Crippen molar-refractivity contribution in [2.45, 2.75) is 20.3 Å². The first-order valence-electron chi connectivity index (χ1n) is 3.04. The van der Waals surface area contributed by atoms with Crippen LogP contribution in [0.4, 0.5) is 0 Å². The van der Waals surface area contributed by atoms with Gasteiger partial charge in [-0.05, 0) is 11.8 Å². The lowest BCUT2D eigenvalue weighted by molar-refractivity contribution is 0.606. The molecular formula is C7H10Cl2. The van der Waals surface area contributed by atoms with Crippen LogP contribution in [-0.4, -0.2) is 0 Å². The topological polar surface area (TPSA) is 0 Å². The molecule has 0 N–H and O–H groups in total. The van der Waals surface area contributed by atoms with Gasteiger partial charge < -0.3 is 0 Å². The summed E-state index contributed by atoms with van der Waals surface area (Å²) in [7, 11) is 0. The maximum absolute atomic E-state index is 5.78. The maximum Gasteiger partial charge on any atom is 0.0330 e. The van der Waals surface area contributed by atoms with Crippen LogP contribution >= 0.6 is 23.2 Å². The molecule has 1 aliphatic rings. The molecular weight excluding hydrogens is 155 g/mol. The zero-order valence-electron chi connectivity index (χ0n) is 5.62. The van der Waals surface area contributed by atoms with Crippen LogP contribution in [0.1, 0.15) is 20.3 Å². The van der Waals surface area contributed by atoms with E-state index < -0.39 is 0 Å². The van der Waals surface area contributed by atoms with Crippen molar-refractivity contribution in [2.75, 3.05) is 0 Å². The summed E-state index contributed by atoms with van der Waals surface area (Å²) in [5, 5.41) is 0.807. The Bertz CT molecular complexity index is 147. The summed E-state index contributed by atoms with van der Waals surface area (Å²) in [6.07, 6.45) is 1.18. The van der Waals surface area contributed by atoms with Gasteiger partial charge in [-0.1, -0.05) is 37.0 Å². The van der Waals surface area contributed by atoms with E-state index in [9.17, 15) is 0 Å². The van der Waals surface area contributed by atoms with Crippen LogP contribution in [-0.2, 0) is 0 Å². The highest BCUT2D eigenvalue weighted by atomic mass is 35.5. The Balaban J connectivity index is 2.52. The zero-order chi connectivity index (χ0) is 7.07. The maximum atomic E-state index is 5.78. The van der Waals surface area contributed by atoms with E-state index >= 15 is 0 Å². The van der Waals surface area contributed by atoms with Gasteiger partial charge in [0, 0.05) is 16.5 Å². The van der Waals surface area contributed by atoms with Crippen LogP contribution < -0.4 is 0 Å². The quantitative estimate of drug-likeness (QED) is 0.558. The summed E-state index contributed by atoms with van der Waals surface area (Å²) >= 11 is 11.2. The monoisotopic (exact) mass is 164 g/mol. The van der Waals surface area contributed by atoms with E-state index in [4.69, 9.17) is 23.2 Å². The molecule has 0 saturated heterocycles. The molecule has 9 heavy (non-hydrogen) atoms. The predicted molar refractivity (Wildman–Crippen MR) is 41.7 cm³/mol. The highest BCUT2D eigenvalue weighted by Crippen LogP contribution is 2.56. The third kappa shape index (κ3) is 1.42. The van der Waals surface area contributed by atoms with Crippen LogP contribution in [0.2, 0.25) is 0 Å². The molecule has 1 fully saturated rings. The van der Waals surface area contributed by atoms with Gasteiger partial charge in [0.25, 0.3) is 0 Å². The Kier molecular flexibility index (Phi) is 1.79. The first kappa shape index (κ1) is 7.43. The lowest BCUT2D eigenvalue weighted by Crippen LogP contribution is -1.88. The zero-order valence-corrected chi connectivity index (χ0v) is 7.13. The molecule has 0 aromatic carbocycles. The third-order valence-corrected chi connectivity index (χ3v) is 2.67. The molecule has 0 heterocycles. The van der Waals surface area contributed by atoms with Gasteiger partial charge in [0.05, 0.1) is 0 Å². The van der Waals surface area contributed by atoms with E-state index in [1.807, 2.05) is 0 Å². The fourth-order valence-corrected chi connectivity index (χ4v) is 1.54. The molecule has 1 atom stereocenters. The van der Waals surface area contributed by atoms with Gasteiger partial charge in [-0.25, -0.2) is 0 Å². The molecule has 1 saturated carbocycles. The lowest BCUT2D eigenvalue weighted by atomic mass is 10.1. The Morgan fingerprint density at radius 2 is 2.11 bits per heavy atom. The molecule has 0 aromatic heterocycles. The van der Waals surface area contributed by atoms with Crippen molar-refractivity contribution in [3.8, 4) is 0 Å². The Morgan fingerprint density at radius 3 is 2.22 bits per heavy atom. The third-order valence-electron chi connectivity index (χ3n) is 1.95. The van der Waals surface area contributed by atoms with Crippen molar-refractivity contribution < 1.29 is 0 Å². The molecule has 0 amide bonds. The Hall–Kier alpha value is 0.320. The summed E-state index contributed by atoms with van der Waals surface area (Å²) in [4.78, 5) is 0. The van der Waals surface area contributed by atoms with Crippen molar-refractivity contribution in [1.29, 1.82) is 0 Å². The molecule has 0 spiro atoms. The highest BCUT2D eigenvalue weighted by Gasteiger charge is 2.47. The minimum absolute atomic E-state index is 0.405. The molecule has 1 aliphatic carbocycles. The van der Waals surface area contributed by atoms with Crippen LogP contribution in [0, 0.1) is 11.3 Å². The second-order valence-corrected chi connectivity index (χ2v) is 3.89. The molecule has 0 radical (unpaired) electrons. The smallest absolute Gasteiger partial charge is 0.0330 e. The first-order valence-corrected chi connectivity index (χ1v) is 3.85. The van der Waals surface area contributed by atoms with E-state index in [0.717, 1.165) is 5.03 Å². The van der Waals surface area contributed by atoms with Gasteiger partial charge >= 0.3 is 0 Å². The van der Waals surface area contributed by atoms with Crippen molar-refractivity contribution in [3.63, 3.8) is 0 Å². The highest BCUT2D eigenvalue weighted by molar-refractivity contribution is 6.36. The van der Waals surface area contributed by atoms with E-state index in [1.165, 1.54) is 12.0 Å². The van der Waals surface area contributed by atoms with Crippen LogP contribution in [0.5, 0.6) is 0 Å². The van der Waals surface area contributed by atoms with Gasteiger partial charge in [-0.15, -0.1) is 0 Å². The minimum Gasteiger partial charge on any atom is -0.0917 e. The Labute approximate surface area is 65.8 Å². The molecule has 1 unspecified atom stereocenters. The average molecular weight is 165 g/mol. The predicted octanol–water partition coefficient (Wildman–Crippen LogP) is 3.35. The van der Waals surface area contributed by atoms with Crippen molar-refractivity contribution >= 4 is 23.2 Å². The van der Waals surface area contributed by atoms with Gasteiger partial charge in [-0.2, -0.15) is 0 Å². The summed E-state index contributed by atoms with van der Waals surface area (Å²) in [6, 6.07) is 0. The molecule has 0 aliphatic heterocycles. The fraction of sp³-hybridized carbons (Fsp3) is 0.714. The minimum atomic E-state index is 0.405. The second kappa shape index (κ2) is 2.17. The van der Waals surface area contributed by atoms with Crippen LogP contribution in [0.3, 0.4) is 0 Å². The molecule has 0 bridgehead atoms. The summed E-state index contributed by atoms with van der Waals surface area (Å²) in [6.45, 7) is 4.39. The van der Waals surface area contributed by atoms with Gasteiger partial charge in [-0.3, -0.25) is 0 Å². The lowest BCUT2D eigenvalue weighted by Gasteiger charge is -1.98. The first-order chi connectivity index (χ1) is 4.08. The summed E-state index contributed by atoms with van der Waals surface area (Å²) in [5.74, 6) is 0.525. The van der Waals surface area contributed by atoms with E-state index in [-0.39, 0.29) is 0 Å². The van der Waals surface area contributed by atoms with Gasteiger partial charge in [0.15, 0.2) is 0 Å². The second-order valence-electron chi connectivity index (χ2n) is 3.24. The number of allylic oxidation sites excluding steroid dienone is 1. The van der Waals surface area contributed by atoms with Gasteiger partial charge in [0.2, 0.25) is 0 Å². The molecule has 2 heteroatoms. The number of hydrogen-bond acceptors (Lipinski definition) is 0. The Morgan fingerprint density at radius 1 is 1.67 bits per heavy atom.